The standard InChI is InChI=1S/C13H15N3/c14-10-6-8-16(9-10)13-5-1-4-12-11(13)3-2-7-15-12/h1-5,7,10H,6,8-9,14H2/t10-/m0/s1. The Morgan fingerprint density at radius 2 is 2.19 bits per heavy atom. The van der Waals surface area contributed by atoms with Gasteiger partial charge in [0.2, 0.25) is 0 Å². The van der Waals surface area contributed by atoms with E-state index in [1.165, 1.54) is 11.1 Å². The minimum absolute atomic E-state index is 0.312. The molecule has 0 bridgehead atoms. The molecule has 1 fully saturated rings. The molecule has 0 aliphatic carbocycles. The number of rotatable bonds is 1. The third kappa shape index (κ3) is 1.53. The van der Waals surface area contributed by atoms with Crippen molar-refractivity contribution in [3.63, 3.8) is 0 Å². The van der Waals surface area contributed by atoms with Crippen LogP contribution in [0.3, 0.4) is 0 Å². The fourth-order valence-corrected chi connectivity index (χ4v) is 2.37. The van der Waals surface area contributed by atoms with Crippen LogP contribution in [0.5, 0.6) is 0 Å². The fraction of sp³-hybridized carbons (Fsp3) is 0.308. The van der Waals surface area contributed by atoms with Crippen molar-refractivity contribution < 1.29 is 0 Å². The molecule has 1 aliphatic rings. The highest BCUT2D eigenvalue weighted by atomic mass is 15.2. The maximum atomic E-state index is 5.95. The lowest BCUT2D eigenvalue weighted by Gasteiger charge is -2.19. The van der Waals surface area contributed by atoms with E-state index in [4.69, 9.17) is 5.73 Å². The van der Waals surface area contributed by atoms with E-state index in [9.17, 15) is 0 Å². The second-order valence-electron chi connectivity index (χ2n) is 4.34. The van der Waals surface area contributed by atoms with Crippen molar-refractivity contribution in [2.45, 2.75) is 12.5 Å². The Balaban J connectivity index is 2.09. The highest BCUT2D eigenvalue weighted by Gasteiger charge is 2.20. The van der Waals surface area contributed by atoms with Gasteiger partial charge in [-0.1, -0.05) is 6.07 Å². The monoisotopic (exact) mass is 213 g/mol. The van der Waals surface area contributed by atoms with Gasteiger partial charge in [-0.3, -0.25) is 4.98 Å². The van der Waals surface area contributed by atoms with Crippen LogP contribution in [-0.4, -0.2) is 24.1 Å². The average molecular weight is 213 g/mol. The fourth-order valence-electron chi connectivity index (χ4n) is 2.37. The van der Waals surface area contributed by atoms with E-state index >= 15 is 0 Å². The summed E-state index contributed by atoms with van der Waals surface area (Å²) in [6.45, 7) is 2.00. The van der Waals surface area contributed by atoms with Crippen LogP contribution in [0, 0.1) is 0 Å². The van der Waals surface area contributed by atoms with Crippen LogP contribution in [-0.2, 0) is 0 Å². The Morgan fingerprint density at radius 1 is 1.25 bits per heavy atom. The van der Waals surface area contributed by atoms with Gasteiger partial charge >= 0.3 is 0 Å². The van der Waals surface area contributed by atoms with Gasteiger partial charge in [0.05, 0.1) is 5.52 Å². The summed E-state index contributed by atoms with van der Waals surface area (Å²) in [6.07, 6.45) is 2.92. The predicted molar refractivity (Wildman–Crippen MR) is 66.5 cm³/mol. The number of anilines is 1. The lowest BCUT2D eigenvalue weighted by molar-refractivity contribution is 0.752. The molecule has 1 aromatic carbocycles. The van der Waals surface area contributed by atoms with E-state index < -0.39 is 0 Å². The van der Waals surface area contributed by atoms with Gasteiger partial charge < -0.3 is 10.6 Å². The Morgan fingerprint density at radius 3 is 3.00 bits per heavy atom. The summed E-state index contributed by atoms with van der Waals surface area (Å²) < 4.78 is 0. The summed E-state index contributed by atoms with van der Waals surface area (Å²) >= 11 is 0. The van der Waals surface area contributed by atoms with Gasteiger partial charge in [0.1, 0.15) is 0 Å². The molecule has 3 rings (SSSR count). The molecule has 1 atom stereocenters. The molecule has 1 aromatic heterocycles. The Kier molecular flexibility index (Phi) is 2.26. The van der Waals surface area contributed by atoms with Crippen molar-refractivity contribution in [1.29, 1.82) is 0 Å². The molecule has 0 saturated carbocycles. The van der Waals surface area contributed by atoms with Gasteiger partial charge in [-0.15, -0.1) is 0 Å². The Labute approximate surface area is 94.9 Å². The van der Waals surface area contributed by atoms with E-state index in [1.807, 2.05) is 12.3 Å². The third-order valence-electron chi connectivity index (χ3n) is 3.19. The van der Waals surface area contributed by atoms with Crippen LogP contribution in [0.15, 0.2) is 36.5 Å². The highest BCUT2D eigenvalue weighted by Crippen LogP contribution is 2.27. The number of benzene rings is 1. The van der Waals surface area contributed by atoms with Crippen LogP contribution < -0.4 is 10.6 Å². The first-order valence-corrected chi connectivity index (χ1v) is 5.69. The molecule has 3 heteroatoms. The van der Waals surface area contributed by atoms with Gasteiger partial charge in [0.15, 0.2) is 0 Å². The molecule has 0 spiro atoms. The van der Waals surface area contributed by atoms with Gasteiger partial charge in [-0.05, 0) is 30.7 Å². The zero-order valence-electron chi connectivity index (χ0n) is 9.13. The summed E-state index contributed by atoms with van der Waals surface area (Å²) in [7, 11) is 0. The van der Waals surface area contributed by atoms with Crippen molar-refractivity contribution >= 4 is 16.6 Å². The van der Waals surface area contributed by atoms with Gasteiger partial charge in [0, 0.05) is 36.4 Å². The largest absolute Gasteiger partial charge is 0.369 e. The topological polar surface area (TPSA) is 42.1 Å². The summed E-state index contributed by atoms with van der Waals surface area (Å²) in [5.74, 6) is 0. The number of nitrogens with two attached hydrogens (primary N) is 1. The second-order valence-corrected chi connectivity index (χ2v) is 4.34. The van der Waals surface area contributed by atoms with E-state index in [0.29, 0.717) is 6.04 Å². The van der Waals surface area contributed by atoms with Crippen LogP contribution in [0.1, 0.15) is 6.42 Å². The Hall–Kier alpha value is -1.61. The molecule has 2 aromatic rings. The van der Waals surface area contributed by atoms with Crippen molar-refractivity contribution in [3.05, 3.63) is 36.5 Å². The summed E-state index contributed by atoms with van der Waals surface area (Å²) in [6, 6.07) is 10.7. The molecule has 1 saturated heterocycles. The second kappa shape index (κ2) is 3.76. The van der Waals surface area contributed by atoms with Crippen LogP contribution in [0.25, 0.3) is 10.9 Å². The summed E-state index contributed by atoms with van der Waals surface area (Å²) in [4.78, 5) is 6.73. The third-order valence-corrected chi connectivity index (χ3v) is 3.19. The molecule has 0 radical (unpaired) electrons. The molecule has 2 heterocycles. The average Bonchev–Trinajstić information content (AvgIpc) is 2.75. The van der Waals surface area contributed by atoms with Crippen molar-refractivity contribution in [2.24, 2.45) is 5.73 Å². The van der Waals surface area contributed by atoms with Crippen LogP contribution >= 0.6 is 0 Å². The van der Waals surface area contributed by atoms with Gasteiger partial charge in [0.25, 0.3) is 0 Å². The minimum Gasteiger partial charge on any atom is -0.369 e. The van der Waals surface area contributed by atoms with Gasteiger partial charge in [-0.2, -0.15) is 0 Å². The summed E-state index contributed by atoms with van der Waals surface area (Å²) in [5.41, 5.74) is 8.27. The van der Waals surface area contributed by atoms with E-state index in [-0.39, 0.29) is 0 Å². The van der Waals surface area contributed by atoms with Crippen molar-refractivity contribution in [2.75, 3.05) is 18.0 Å². The minimum atomic E-state index is 0.312. The van der Waals surface area contributed by atoms with Gasteiger partial charge in [-0.25, -0.2) is 0 Å². The van der Waals surface area contributed by atoms with Crippen molar-refractivity contribution in [1.82, 2.24) is 4.98 Å². The SMILES string of the molecule is N[C@H]1CCN(c2cccc3ncccc23)C1. The molecule has 2 N–H and O–H groups in total. The molecule has 16 heavy (non-hydrogen) atoms. The molecular formula is C13H15N3. The first kappa shape index (κ1) is 9.60. The number of hydrogen-bond acceptors (Lipinski definition) is 3. The normalized spacial score (nSPS) is 20.6. The highest BCUT2D eigenvalue weighted by molar-refractivity contribution is 5.91. The van der Waals surface area contributed by atoms with E-state index in [0.717, 1.165) is 25.0 Å². The number of pyridine rings is 1. The molecule has 0 amide bonds. The van der Waals surface area contributed by atoms with Crippen molar-refractivity contribution in [3.8, 4) is 0 Å². The lowest BCUT2D eigenvalue weighted by Crippen LogP contribution is -2.26. The maximum absolute atomic E-state index is 5.95. The molecule has 82 valence electrons. The number of nitrogens with zero attached hydrogens (tertiary/aromatic N) is 2. The number of fused-ring (bicyclic) bond motifs is 1. The molecule has 3 nitrogen and oxygen atoms in total. The van der Waals surface area contributed by atoms with E-state index in [2.05, 4.69) is 34.1 Å². The molecular weight excluding hydrogens is 198 g/mol. The number of aromatic nitrogens is 1. The predicted octanol–water partition coefficient (Wildman–Crippen LogP) is 1.77. The first-order valence-electron chi connectivity index (χ1n) is 5.69. The molecule has 0 unspecified atom stereocenters. The van der Waals surface area contributed by atoms with Crippen LogP contribution in [0.2, 0.25) is 0 Å². The zero-order valence-corrected chi connectivity index (χ0v) is 9.13. The summed E-state index contributed by atoms with van der Waals surface area (Å²) in [5, 5.41) is 1.22. The molecule has 1 aliphatic heterocycles. The zero-order chi connectivity index (χ0) is 11.0. The lowest BCUT2D eigenvalue weighted by atomic mass is 10.1. The first-order chi connectivity index (χ1) is 7.84. The van der Waals surface area contributed by atoms with E-state index in [1.54, 1.807) is 0 Å². The van der Waals surface area contributed by atoms with Crippen LogP contribution in [0.4, 0.5) is 5.69 Å². The smallest absolute Gasteiger partial charge is 0.0722 e. The quantitative estimate of drug-likeness (QED) is 0.785. The Bertz CT molecular complexity index is 504. The maximum Gasteiger partial charge on any atom is 0.0722 e. The number of hydrogen-bond donors (Lipinski definition) is 1.